The van der Waals surface area contributed by atoms with E-state index in [0.717, 1.165) is 33.5 Å². The number of pyridine rings is 1. The molecule has 0 amide bonds. The molecule has 0 aliphatic heterocycles. The van der Waals surface area contributed by atoms with Gasteiger partial charge >= 0.3 is 0 Å². The molecule has 2 nitrogen and oxygen atoms in total. The van der Waals surface area contributed by atoms with Crippen molar-refractivity contribution in [2.45, 2.75) is 6.92 Å². The molecule has 0 spiro atoms. The Morgan fingerprint density at radius 3 is 2.67 bits per heavy atom. The van der Waals surface area contributed by atoms with Crippen molar-refractivity contribution in [1.82, 2.24) is 4.98 Å². The third kappa shape index (κ3) is 2.95. The molecule has 0 aliphatic rings. The van der Waals surface area contributed by atoms with E-state index in [1.807, 2.05) is 43.3 Å². The molecule has 0 radical (unpaired) electrons. The van der Waals surface area contributed by atoms with E-state index in [1.54, 1.807) is 7.11 Å². The van der Waals surface area contributed by atoms with Gasteiger partial charge in [0.15, 0.2) is 0 Å². The van der Waals surface area contributed by atoms with Gasteiger partial charge in [-0.1, -0.05) is 42.5 Å². The zero-order valence-electron chi connectivity index (χ0n) is 12.2. The summed E-state index contributed by atoms with van der Waals surface area (Å²) in [4.78, 5) is 4.63. The van der Waals surface area contributed by atoms with E-state index >= 15 is 0 Å². The molecule has 21 heavy (non-hydrogen) atoms. The lowest BCUT2D eigenvalue weighted by molar-refractivity contribution is 0.411. The van der Waals surface area contributed by atoms with Gasteiger partial charge in [0.25, 0.3) is 0 Å². The normalized spacial score (nSPS) is 11.1. The molecule has 2 heteroatoms. The summed E-state index contributed by atoms with van der Waals surface area (Å²) in [5.74, 6) is 0.906. The number of nitrogens with zero attached hydrogens (tertiary/aromatic N) is 1. The van der Waals surface area contributed by atoms with Crippen molar-refractivity contribution in [3.05, 3.63) is 71.4 Å². The number of ether oxygens (including phenoxy) is 1. The van der Waals surface area contributed by atoms with Crippen LogP contribution in [-0.2, 0) is 0 Å². The number of hydrogen-bond donors (Lipinski definition) is 0. The van der Waals surface area contributed by atoms with Gasteiger partial charge in [-0.25, -0.2) is 4.98 Å². The van der Waals surface area contributed by atoms with Crippen molar-refractivity contribution in [3.63, 3.8) is 0 Å². The van der Waals surface area contributed by atoms with Gasteiger partial charge < -0.3 is 4.74 Å². The molecule has 0 unspecified atom stereocenters. The molecule has 1 aromatic heterocycles. The molecule has 0 atom stereocenters. The Labute approximate surface area is 124 Å². The van der Waals surface area contributed by atoms with Crippen LogP contribution in [0.15, 0.2) is 54.6 Å². The number of aromatic nitrogens is 1. The van der Waals surface area contributed by atoms with Gasteiger partial charge in [-0.05, 0) is 42.3 Å². The molecule has 0 bridgehead atoms. The van der Waals surface area contributed by atoms with Crippen LogP contribution < -0.4 is 4.74 Å². The Bertz CT molecular complexity index is 806. The highest BCUT2D eigenvalue weighted by atomic mass is 16.5. The number of benzene rings is 2. The summed E-state index contributed by atoms with van der Waals surface area (Å²) in [5.41, 5.74) is 4.21. The topological polar surface area (TPSA) is 22.1 Å². The maximum atomic E-state index is 5.35. The second-order valence-corrected chi connectivity index (χ2v) is 4.99. The summed E-state index contributed by atoms with van der Waals surface area (Å²) in [7, 11) is 1.70. The van der Waals surface area contributed by atoms with E-state index in [4.69, 9.17) is 4.74 Å². The summed E-state index contributed by atoms with van der Waals surface area (Å²) < 4.78 is 5.35. The summed E-state index contributed by atoms with van der Waals surface area (Å²) >= 11 is 0. The predicted molar refractivity (Wildman–Crippen MR) is 88.4 cm³/mol. The number of para-hydroxylation sites is 1. The Hall–Kier alpha value is -2.61. The molecule has 0 saturated carbocycles. The lowest BCUT2D eigenvalue weighted by Crippen LogP contribution is -1.87. The number of aryl methyl sites for hydroxylation is 1. The first kappa shape index (κ1) is 13.4. The Kier molecular flexibility index (Phi) is 3.69. The van der Waals surface area contributed by atoms with E-state index in [2.05, 4.69) is 35.3 Å². The third-order valence-electron chi connectivity index (χ3n) is 3.50. The smallest absolute Gasteiger partial charge is 0.122 e. The van der Waals surface area contributed by atoms with E-state index < -0.39 is 0 Å². The molecule has 3 aromatic rings. The number of hydrogen-bond acceptors (Lipinski definition) is 2. The number of rotatable bonds is 3. The van der Waals surface area contributed by atoms with Crippen LogP contribution in [0.1, 0.15) is 16.8 Å². The van der Waals surface area contributed by atoms with Crippen LogP contribution in [0.2, 0.25) is 0 Å². The van der Waals surface area contributed by atoms with Crippen LogP contribution >= 0.6 is 0 Å². The molecular weight excluding hydrogens is 258 g/mol. The minimum atomic E-state index is 0.906. The van der Waals surface area contributed by atoms with E-state index in [9.17, 15) is 0 Å². The molecule has 0 fully saturated rings. The molecule has 2 aromatic carbocycles. The summed E-state index contributed by atoms with van der Waals surface area (Å²) in [6.07, 6.45) is 4.08. The van der Waals surface area contributed by atoms with Crippen molar-refractivity contribution < 1.29 is 4.74 Å². The van der Waals surface area contributed by atoms with Crippen LogP contribution in [0.25, 0.3) is 23.1 Å². The second-order valence-electron chi connectivity index (χ2n) is 4.99. The lowest BCUT2D eigenvalue weighted by atomic mass is 10.1. The van der Waals surface area contributed by atoms with E-state index in [1.165, 1.54) is 0 Å². The van der Waals surface area contributed by atoms with Crippen LogP contribution in [0.5, 0.6) is 5.75 Å². The fourth-order valence-corrected chi connectivity index (χ4v) is 2.30. The predicted octanol–water partition coefficient (Wildman–Crippen LogP) is 4.72. The Balaban J connectivity index is 1.90. The minimum Gasteiger partial charge on any atom is -0.496 e. The average molecular weight is 275 g/mol. The van der Waals surface area contributed by atoms with Gasteiger partial charge in [0.1, 0.15) is 5.75 Å². The monoisotopic (exact) mass is 275 g/mol. The fraction of sp³-hybridized carbons (Fsp3) is 0.105. The summed E-state index contributed by atoms with van der Waals surface area (Å²) in [6.45, 7) is 2.04. The molecular formula is C19H17NO. The molecule has 0 saturated heterocycles. The standard InChI is InChI=1S/C19H17NO/c1-14-7-8-15(13-19(14)21-2)9-11-17-12-10-16-5-3-4-6-18(16)20-17/h3-13H,1-2H3/b11-9+. The average Bonchev–Trinajstić information content (AvgIpc) is 2.54. The maximum Gasteiger partial charge on any atom is 0.122 e. The van der Waals surface area contributed by atoms with E-state index in [0.29, 0.717) is 0 Å². The fourth-order valence-electron chi connectivity index (χ4n) is 2.30. The summed E-state index contributed by atoms with van der Waals surface area (Å²) in [5, 5.41) is 1.16. The zero-order chi connectivity index (χ0) is 14.7. The quantitative estimate of drug-likeness (QED) is 0.690. The highest BCUT2D eigenvalue weighted by Gasteiger charge is 1.98. The third-order valence-corrected chi connectivity index (χ3v) is 3.50. The molecule has 0 N–H and O–H groups in total. The van der Waals surface area contributed by atoms with Crippen molar-refractivity contribution in [1.29, 1.82) is 0 Å². The SMILES string of the molecule is COc1cc(/C=C/c2ccc3ccccc3n2)ccc1C. The summed E-state index contributed by atoms with van der Waals surface area (Å²) in [6, 6.07) is 18.4. The van der Waals surface area contributed by atoms with Crippen LogP contribution in [0, 0.1) is 6.92 Å². The Morgan fingerprint density at radius 1 is 0.952 bits per heavy atom. The second kappa shape index (κ2) is 5.80. The van der Waals surface area contributed by atoms with Crippen LogP contribution in [0.3, 0.4) is 0 Å². The largest absolute Gasteiger partial charge is 0.496 e. The Morgan fingerprint density at radius 2 is 1.81 bits per heavy atom. The molecule has 1 heterocycles. The lowest BCUT2D eigenvalue weighted by Gasteiger charge is -2.05. The first-order valence-corrected chi connectivity index (χ1v) is 6.95. The molecule has 104 valence electrons. The first-order chi connectivity index (χ1) is 10.3. The highest BCUT2D eigenvalue weighted by molar-refractivity contribution is 5.80. The number of methoxy groups -OCH3 is 1. The van der Waals surface area contributed by atoms with Gasteiger partial charge in [-0.2, -0.15) is 0 Å². The first-order valence-electron chi connectivity index (χ1n) is 6.95. The van der Waals surface area contributed by atoms with Crippen molar-refractivity contribution >= 4 is 23.1 Å². The maximum absolute atomic E-state index is 5.35. The highest BCUT2D eigenvalue weighted by Crippen LogP contribution is 2.20. The van der Waals surface area contributed by atoms with Crippen LogP contribution in [-0.4, -0.2) is 12.1 Å². The van der Waals surface area contributed by atoms with Gasteiger partial charge in [-0.3, -0.25) is 0 Å². The van der Waals surface area contributed by atoms with Crippen molar-refractivity contribution in [3.8, 4) is 5.75 Å². The zero-order valence-corrected chi connectivity index (χ0v) is 12.2. The van der Waals surface area contributed by atoms with Gasteiger partial charge in [0, 0.05) is 5.39 Å². The van der Waals surface area contributed by atoms with Gasteiger partial charge in [-0.15, -0.1) is 0 Å². The van der Waals surface area contributed by atoms with Crippen molar-refractivity contribution in [2.75, 3.05) is 7.11 Å². The molecule has 0 aliphatic carbocycles. The van der Waals surface area contributed by atoms with Gasteiger partial charge in [0.05, 0.1) is 18.3 Å². The molecule has 3 rings (SSSR count). The van der Waals surface area contributed by atoms with Crippen LogP contribution in [0.4, 0.5) is 0 Å². The van der Waals surface area contributed by atoms with E-state index in [-0.39, 0.29) is 0 Å². The van der Waals surface area contributed by atoms with Crippen molar-refractivity contribution in [2.24, 2.45) is 0 Å². The minimum absolute atomic E-state index is 0.906. The number of fused-ring (bicyclic) bond motifs is 1. The van der Waals surface area contributed by atoms with Gasteiger partial charge in [0.2, 0.25) is 0 Å².